The van der Waals surface area contributed by atoms with Gasteiger partial charge in [-0.15, -0.1) is 0 Å². The summed E-state index contributed by atoms with van der Waals surface area (Å²) in [6.45, 7) is 5.40. The monoisotopic (exact) mass is 401 g/mol. The van der Waals surface area contributed by atoms with Gasteiger partial charge in [0.1, 0.15) is 11.8 Å². The molecule has 1 amide bonds. The molecular weight excluding hydrogens is 374 g/mol. The number of ether oxygens (including phenoxy) is 1. The Kier molecular flexibility index (Phi) is 5.76. The van der Waals surface area contributed by atoms with E-state index in [0.29, 0.717) is 17.2 Å². The average Bonchev–Trinajstić information content (AvgIpc) is 3.21. The molecule has 1 saturated heterocycles. The van der Waals surface area contributed by atoms with E-state index in [1.807, 2.05) is 30.9 Å². The number of aromatic amines is 1. The van der Waals surface area contributed by atoms with Gasteiger partial charge in [0.15, 0.2) is 6.10 Å². The van der Waals surface area contributed by atoms with Gasteiger partial charge in [0, 0.05) is 30.2 Å². The Balaban J connectivity index is 1.45. The number of carbonyl (C=O) groups excluding carboxylic acids is 1. The van der Waals surface area contributed by atoms with Crippen molar-refractivity contribution >= 4 is 16.8 Å². The molecule has 0 aliphatic carbocycles. The molecule has 2 heterocycles. The standard InChI is InChI=1S/C25H27N3O2/c1-17(2)24(30-23-10-6-3-7-19(23)15-26)25(29)28-13-11-18(12-14-28)21-16-27-22-9-5-4-8-20(21)22/h3-10,16-18,24,27H,11-14H2,1-2H3. The minimum Gasteiger partial charge on any atom is -0.479 e. The highest BCUT2D eigenvalue weighted by atomic mass is 16.5. The lowest BCUT2D eigenvalue weighted by atomic mass is 9.89. The number of likely N-dealkylation sites (tertiary alicyclic amines) is 1. The summed E-state index contributed by atoms with van der Waals surface area (Å²) >= 11 is 0. The van der Waals surface area contributed by atoms with E-state index in [9.17, 15) is 10.1 Å². The van der Waals surface area contributed by atoms with Crippen molar-refractivity contribution in [2.75, 3.05) is 13.1 Å². The Labute approximate surface area is 177 Å². The van der Waals surface area contributed by atoms with Crippen LogP contribution < -0.4 is 4.74 Å². The summed E-state index contributed by atoms with van der Waals surface area (Å²) in [5, 5.41) is 10.6. The molecule has 0 saturated carbocycles. The Morgan fingerprint density at radius 3 is 2.57 bits per heavy atom. The van der Waals surface area contributed by atoms with E-state index in [1.54, 1.807) is 18.2 Å². The average molecular weight is 402 g/mol. The molecule has 30 heavy (non-hydrogen) atoms. The van der Waals surface area contributed by atoms with Crippen LogP contribution in [0.1, 0.15) is 43.7 Å². The van der Waals surface area contributed by atoms with Crippen molar-refractivity contribution < 1.29 is 9.53 Å². The molecule has 0 spiro atoms. The topological polar surface area (TPSA) is 69.1 Å². The summed E-state index contributed by atoms with van der Waals surface area (Å²) in [4.78, 5) is 18.5. The van der Waals surface area contributed by atoms with Crippen molar-refractivity contribution in [3.05, 3.63) is 65.9 Å². The predicted molar refractivity (Wildman–Crippen MR) is 117 cm³/mol. The minimum absolute atomic E-state index is 0.00937. The molecule has 0 radical (unpaired) electrons. The number of hydrogen-bond acceptors (Lipinski definition) is 3. The van der Waals surface area contributed by atoms with Gasteiger partial charge in [-0.05, 0) is 48.4 Å². The molecule has 5 nitrogen and oxygen atoms in total. The number of piperidine rings is 1. The fourth-order valence-electron chi connectivity index (χ4n) is 4.29. The Bertz CT molecular complexity index is 1070. The molecule has 0 bridgehead atoms. The molecule has 1 aliphatic rings. The van der Waals surface area contributed by atoms with Gasteiger partial charge in [-0.2, -0.15) is 5.26 Å². The first-order valence-electron chi connectivity index (χ1n) is 10.6. The molecule has 1 aromatic heterocycles. The highest BCUT2D eigenvalue weighted by Crippen LogP contribution is 2.33. The second-order valence-corrected chi connectivity index (χ2v) is 8.28. The Morgan fingerprint density at radius 1 is 1.13 bits per heavy atom. The molecule has 5 heteroatoms. The molecule has 154 valence electrons. The number of nitrogens with zero attached hydrogens (tertiary/aromatic N) is 2. The van der Waals surface area contributed by atoms with Gasteiger partial charge in [0.05, 0.1) is 5.56 Å². The molecule has 4 rings (SSSR count). The first kappa shape index (κ1) is 20.0. The van der Waals surface area contributed by atoms with Crippen LogP contribution in [0.2, 0.25) is 0 Å². The van der Waals surface area contributed by atoms with E-state index >= 15 is 0 Å². The van der Waals surface area contributed by atoms with E-state index in [4.69, 9.17) is 4.74 Å². The number of hydrogen-bond donors (Lipinski definition) is 1. The lowest BCUT2D eigenvalue weighted by molar-refractivity contribution is -0.141. The summed E-state index contributed by atoms with van der Waals surface area (Å²) in [7, 11) is 0. The van der Waals surface area contributed by atoms with Crippen molar-refractivity contribution in [1.29, 1.82) is 5.26 Å². The SMILES string of the molecule is CC(C)C(Oc1ccccc1C#N)C(=O)N1CCC(c2c[nH]c3ccccc23)CC1. The number of aromatic nitrogens is 1. The van der Waals surface area contributed by atoms with Gasteiger partial charge in [-0.1, -0.05) is 44.2 Å². The van der Waals surface area contributed by atoms with E-state index in [2.05, 4.69) is 35.4 Å². The van der Waals surface area contributed by atoms with Crippen LogP contribution in [0, 0.1) is 17.2 Å². The number of para-hydroxylation sites is 2. The predicted octanol–water partition coefficient (Wildman–Crippen LogP) is 4.85. The number of rotatable bonds is 5. The molecule has 1 N–H and O–H groups in total. The van der Waals surface area contributed by atoms with E-state index < -0.39 is 6.10 Å². The highest BCUT2D eigenvalue weighted by Gasteiger charge is 2.33. The van der Waals surface area contributed by atoms with Gasteiger partial charge in [0.25, 0.3) is 5.91 Å². The number of fused-ring (bicyclic) bond motifs is 1. The van der Waals surface area contributed by atoms with Gasteiger partial charge < -0.3 is 14.6 Å². The second kappa shape index (κ2) is 8.62. The number of H-pyrrole nitrogens is 1. The van der Waals surface area contributed by atoms with Crippen molar-refractivity contribution in [2.24, 2.45) is 5.92 Å². The van der Waals surface area contributed by atoms with E-state index in [1.165, 1.54) is 10.9 Å². The quantitative estimate of drug-likeness (QED) is 0.664. The smallest absolute Gasteiger partial charge is 0.263 e. The highest BCUT2D eigenvalue weighted by molar-refractivity contribution is 5.84. The van der Waals surface area contributed by atoms with Crippen LogP contribution in [-0.4, -0.2) is 35.0 Å². The summed E-state index contributed by atoms with van der Waals surface area (Å²) < 4.78 is 6.05. The number of nitrogens with one attached hydrogen (secondary N) is 1. The van der Waals surface area contributed by atoms with E-state index in [0.717, 1.165) is 31.4 Å². The van der Waals surface area contributed by atoms with Crippen LogP contribution in [0.4, 0.5) is 0 Å². The zero-order valence-electron chi connectivity index (χ0n) is 17.5. The zero-order chi connectivity index (χ0) is 21.1. The van der Waals surface area contributed by atoms with Gasteiger partial charge in [-0.3, -0.25) is 4.79 Å². The fourth-order valence-corrected chi connectivity index (χ4v) is 4.29. The summed E-state index contributed by atoms with van der Waals surface area (Å²) in [5.41, 5.74) is 2.96. The third-order valence-corrected chi connectivity index (χ3v) is 5.98. The maximum atomic E-state index is 13.3. The number of nitriles is 1. The first-order chi connectivity index (χ1) is 14.6. The normalized spacial score (nSPS) is 15.9. The summed E-state index contributed by atoms with van der Waals surface area (Å²) in [5.74, 6) is 0.939. The third-order valence-electron chi connectivity index (χ3n) is 5.98. The first-order valence-corrected chi connectivity index (χ1v) is 10.6. The van der Waals surface area contributed by atoms with Crippen molar-refractivity contribution in [3.8, 4) is 11.8 Å². The van der Waals surface area contributed by atoms with Crippen molar-refractivity contribution in [2.45, 2.75) is 38.7 Å². The molecule has 2 aromatic carbocycles. The summed E-state index contributed by atoms with van der Waals surface area (Å²) in [6, 6.07) is 17.6. The van der Waals surface area contributed by atoms with Crippen LogP contribution in [0.3, 0.4) is 0 Å². The lowest BCUT2D eigenvalue weighted by Gasteiger charge is -2.35. The Morgan fingerprint density at radius 2 is 1.83 bits per heavy atom. The van der Waals surface area contributed by atoms with Gasteiger partial charge in [-0.25, -0.2) is 0 Å². The number of benzene rings is 2. The maximum Gasteiger partial charge on any atom is 0.263 e. The maximum absolute atomic E-state index is 13.3. The van der Waals surface area contributed by atoms with E-state index in [-0.39, 0.29) is 11.8 Å². The minimum atomic E-state index is -0.593. The van der Waals surface area contributed by atoms with Gasteiger partial charge >= 0.3 is 0 Å². The Hall–Kier alpha value is -3.26. The van der Waals surface area contributed by atoms with Crippen LogP contribution in [0.15, 0.2) is 54.7 Å². The zero-order valence-corrected chi connectivity index (χ0v) is 17.5. The number of amides is 1. The molecule has 1 aliphatic heterocycles. The lowest BCUT2D eigenvalue weighted by Crippen LogP contribution is -2.47. The van der Waals surface area contributed by atoms with Crippen molar-refractivity contribution in [3.63, 3.8) is 0 Å². The van der Waals surface area contributed by atoms with Crippen LogP contribution in [-0.2, 0) is 4.79 Å². The summed E-state index contributed by atoms with van der Waals surface area (Å²) in [6.07, 6.45) is 3.40. The van der Waals surface area contributed by atoms with Crippen LogP contribution >= 0.6 is 0 Å². The molecular formula is C25H27N3O2. The second-order valence-electron chi connectivity index (χ2n) is 8.28. The largest absolute Gasteiger partial charge is 0.479 e. The molecule has 1 atom stereocenters. The molecule has 3 aromatic rings. The van der Waals surface area contributed by atoms with Crippen LogP contribution in [0.5, 0.6) is 5.75 Å². The van der Waals surface area contributed by atoms with Crippen molar-refractivity contribution in [1.82, 2.24) is 9.88 Å². The molecule has 1 unspecified atom stereocenters. The van der Waals surface area contributed by atoms with Gasteiger partial charge in [0.2, 0.25) is 0 Å². The third kappa shape index (κ3) is 3.91. The van der Waals surface area contributed by atoms with Crippen LogP contribution in [0.25, 0.3) is 10.9 Å². The molecule has 1 fully saturated rings. The number of carbonyl (C=O) groups is 1. The fraction of sp³-hybridized carbons (Fsp3) is 0.360.